The highest BCUT2D eigenvalue weighted by atomic mass is 16.2. The zero-order valence-corrected chi connectivity index (χ0v) is 13.5. The molecule has 0 unspecified atom stereocenters. The summed E-state index contributed by atoms with van der Waals surface area (Å²) in [6.07, 6.45) is 1.51. The first-order valence-electron chi connectivity index (χ1n) is 7.60. The molecule has 1 heterocycles. The van der Waals surface area contributed by atoms with Crippen molar-refractivity contribution in [3.8, 4) is 5.69 Å². The summed E-state index contributed by atoms with van der Waals surface area (Å²) in [5.74, 6) is 0. The van der Waals surface area contributed by atoms with Crippen LogP contribution in [0.4, 0.5) is 10.5 Å². The van der Waals surface area contributed by atoms with E-state index in [4.69, 9.17) is 0 Å². The zero-order valence-electron chi connectivity index (χ0n) is 13.5. The van der Waals surface area contributed by atoms with E-state index in [0.717, 1.165) is 16.8 Å². The van der Waals surface area contributed by atoms with Crippen molar-refractivity contribution in [3.63, 3.8) is 0 Å². The lowest BCUT2D eigenvalue weighted by Crippen LogP contribution is -2.31. The van der Waals surface area contributed by atoms with Gasteiger partial charge in [-0.05, 0) is 47.5 Å². The van der Waals surface area contributed by atoms with Gasteiger partial charge in [0.25, 0.3) is 0 Å². The van der Waals surface area contributed by atoms with Crippen LogP contribution in [-0.2, 0) is 0 Å². The Morgan fingerprint density at radius 3 is 2.67 bits per heavy atom. The predicted molar refractivity (Wildman–Crippen MR) is 90.9 cm³/mol. The molecule has 1 atom stereocenters. The Labute approximate surface area is 139 Å². The monoisotopic (exact) mass is 322 g/mol. The quantitative estimate of drug-likeness (QED) is 0.773. The average molecular weight is 322 g/mol. The lowest BCUT2D eigenvalue weighted by molar-refractivity contribution is 0.249. The first-order chi connectivity index (χ1) is 11.6. The Morgan fingerprint density at radius 2 is 1.96 bits per heavy atom. The topological polar surface area (TPSA) is 84.7 Å². The van der Waals surface area contributed by atoms with Crippen molar-refractivity contribution in [2.75, 3.05) is 5.32 Å². The number of benzene rings is 2. The van der Waals surface area contributed by atoms with Gasteiger partial charge in [0, 0.05) is 5.69 Å². The van der Waals surface area contributed by atoms with E-state index in [1.165, 1.54) is 11.0 Å². The van der Waals surface area contributed by atoms with E-state index in [0.29, 0.717) is 5.69 Å². The molecule has 3 rings (SSSR count). The van der Waals surface area contributed by atoms with Crippen molar-refractivity contribution >= 4 is 11.7 Å². The van der Waals surface area contributed by atoms with E-state index >= 15 is 0 Å². The minimum absolute atomic E-state index is 0.0887. The van der Waals surface area contributed by atoms with Crippen molar-refractivity contribution in [3.05, 3.63) is 66.0 Å². The first-order valence-corrected chi connectivity index (χ1v) is 7.60. The third kappa shape index (κ3) is 3.57. The molecule has 2 N–H and O–H groups in total. The summed E-state index contributed by atoms with van der Waals surface area (Å²) < 4.78 is 1.54. The normalized spacial score (nSPS) is 11.8. The number of aromatic nitrogens is 4. The molecule has 0 aliphatic rings. The second-order valence-corrected chi connectivity index (χ2v) is 5.48. The van der Waals surface area contributed by atoms with Crippen LogP contribution >= 0.6 is 0 Å². The highest BCUT2D eigenvalue weighted by Gasteiger charge is 2.11. The SMILES string of the molecule is Cc1ccc(-n2cnnn2)cc1NC(=O)N[C@@H](C)c1ccccc1. The minimum Gasteiger partial charge on any atom is -0.331 e. The van der Waals surface area contributed by atoms with Gasteiger partial charge in [0.1, 0.15) is 6.33 Å². The molecule has 0 bridgehead atoms. The van der Waals surface area contributed by atoms with Gasteiger partial charge in [0.2, 0.25) is 0 Å². The van der Waals surface area contributed by atoms with Crippen LogP contribution in [0.5, 0.6) is 0 Å². The second kappa shape index (κ2) is 6.91. The standard InChI is InChI=1S/C17H18N6O/c1-12-8-9-15(23-11-18-21-22-23)10-16(12)20-17(24)19-13(2)14-6-4-3-5-7-14/h3-11,13H,1-2H3,(H2,19,20,24)/t13-/m0/s1. The number of amides is 2. The molecule has 0 saturated carbocycles. The summed E-state index contributed by atoms with van der Waals surface area (Å²) in [6, 6.07) is 15.1. The molecule has 0 radical (unpaired) electrons. The van der Waals surface area contributed by atoms with Gasteiger partial charge < -0.3 is 10.6 Å². The molecule has 7 nitrogen and oxygen atoms in total. The van der Waals surface area contributed by atoms with Crippen LogP contribution in [-0.4, -0.2) is 26.2 Å². The molecule has 0 aliphatic heterocycles. The average Bonchev–Trinajstić information content (AvgIpc) is 3.12. The van der Waals surface area contributed by atoms with Gasteiger partial charge >= 0.3 is 6.03 Å². The van der Waals surface area contributed by atoms with E-state index < -0.39 is 0 Å². The highest BCUT2D eigenvalue weighted by molar-refractivity contribution is 5.90. The third-order valence-corrected chi connectivity index (χ3v) is 3.73. The number of hydrogen-bond donors (Lipinski definition) is 2. The number of hydrogen-bond acceptors (Lipinski definition) is 4. The molecule has 0 saturated heterocycles. The molecule has 24 heavy (non-hydrogen) atoms. The number of anilines is 1. The highest BCUT2D eigenvalue weighted by Crippen LogP contribution is 2.19. The molecule has 2 amide bonds. The van der Waals surface area contributed by atoms with E-state index in [9.17, 15) is 4.79 Å². The lowest BCUT2D eigenvalue weighted by atomic mass is 10.1. The lowest BCUT2D eigenvalue weighted by Gasteiger charge is -2.16. The van der Waals surface area contributed by atoms with Gasteiger partial charge in [-0.3, -0.25) is 0 Å². The molecule has 0 aliphatic carbocycles. The number of tetrazole rings is 1. The third-order valence-electron chi connectivity index (χ3n) is 3.73. The minimum atomic E-state index is -0.261. The number of nitrogens with one attached hydrogen (secondary N) is 2. The summed E-state index contributed by atoms with van der Waals surface area (Å²) in [5.41, 5.74) is 3.49. The van der Waals surface area contributed by atoms with Crippen molar-refractivity contribution in [2.45, 2.75) is 19.9 Å². The van der Waals surface area contributed by atoms with Gasteiger partial charge in [0.05, 0.1) is 11.7 Å². The molecule has 3 aromatic rings. The molecule has 1 aromatic heterocycles. The number of aryl methyl sites for hydroxylation is 1. The van der Waals surface area contributed by atoms with E-state index in [-0.39, 0.29) is 12.1 Å². The van der Waals surface area contributed by atoms with Crippen molar-refractivity contribution in [2.24, 2.45) is 0 Å². The number of carbonyl (C=O) groups excluding carboxylic acids is 1. The van der Waals surface area contributed by atoms with Crippen LogP contribution < -0.4 is 10.6 Å². The van der Waals surface area contributed by atoms with Gasteiger partial charge in [-0.25, -0.2) is 9.48 Å². The molecular weight excluding hydrogens is 304 g/mol. The van der Waals surface area contributed by atoms with Gasteiger partial charge in [-0.2, -0.15) is 0 Å². The summed E-state index contributed by atoms with van der Waals surface area (Å²) in [5, 5.41) is 16.9. The Hall–Kier alpha value is -3.22. The predicted octanol–water partition coefficient (Wildman–Crippen LogP) is 2.85. The van der Waals surface area contributed by atoms with Crippen LogP contribution in [0.15, 0.2) is 54.9 Å². The largest absolute Gasteiger partial charge is 0.331 e. The molecule has 7 heteroatoms. The Bertz CT molecular complexity index is 816. The summed E-state index contributed by atoms with van der Waals surface area (Å²) in [6.45, 7) is 3.87. The molecular formula is C17H18N6O. The summed E-state index contributed by atoms with van der Waals surface area (Å²) >= 11 is 0. The molecule has 0 spiro atoms. The van der Waals surface area contributed by atoms with Gasteiger partial charge in [-0.15, -0.1) is 5.10 Å². The fourth-order valence-corrected chi connectivity index (χ4v) is 2.35. The van der Waals surface area contributed by atoms with Gasteiger partial charge in [-0.1, -0.05) is 36.4 Å². The maximum Gasteiger partial charge on any atom is 0.319 e. The number of carbonyl (C=O) groups is 1. The van der Waals surface area contributed by atoms with Gasteiger partial charge in [0.15, 0.2) is 0 Å². The number of nitrogens with zero attached hydrogens (tertiary/aromatic N) is 4. The van der Waals surface area contributed by atoms with Crippen molar-refractivity contribution in [1.29, 1.82) is 0 Å². The Kier molecular flexibility index (Phi) is 4.51. The molecule has 2 aromatic carbocycles. The Balaban J connectivity index is 1.71. The van der Waals surface area contributed by atoms with E-state index in [1.807, 2.05) is 62.4 Å². The fourth-order valence-electron chi connectivity index (χ4n) is 2.35. The maximum absolute atomic E-state index is 12.3. The maximum atomic E-state index is 12.3. The summed E-state index contributed by atoms with van der Waals surface area (Å²) in [4.78, 5) is 12.3. The molecule has 0 fully saturated rings. The Morgan fingerprint density at radius 1 is 1.17 bits per heavy atom. The summed E-state index contributed by atoms with van der Waals surface area (Å²) in [7, 11) is 0. The van der Waals surface area contributed by atoms with Crippen molar-refractivity contribution in [1.82, 2.24) is 25.5 Å². The first kappa shape index (κ1) is 15.7. The molecule has 122 valence electrons. The fraction of sp³-hybridized carbons (Fsp3) is 0.176. The zero-order chi connectivity index (χ0) is 16.9. The van der Waals surface area contributed by atoms with Crippen molar-refractivity contribution < 1.29 is 4.79 Å². The smallest absolute Gasteiger partial charge is 0.319 e. The number of rotatable bonds is 4. The van der Waals surface area contributed by atoms with E-state index in [1.54, 1.807) is 0 Å². The van der Waals surface area contributed by atoms with Crippen LogP contribution in [0.1, 0.15) is 24.1 Å². The van der Waals surface area contributed by atoms with Crippen LogP contribution in [0.3, 0.4) is 0 Å². The van der Waals surface area contributed by atoms with Crippen LogP contribution in [0.2, 0.25) is 0 Å². The second-order valence-electron chi connectivity index (χ2n) is 5.48. The van der Waals surface area contributed by atoms with Crippen LogP contribution in [0, 0.1) is 6.92 Å². The van der Waals surface area contributed by atoms with E-state index in [2.05, 4.69) is 26.2 Å². The van der Waals surface area contributed by atoms with Crippen LogP contribution in [0.25, 0.3) is 5.69 Å². The number of urea groups is 1.